The molecular formula is C13H20N4O3S. The number of pyridine rings is 1. The van der Waals surface area contributed by atoms with Crippen molar-refractivity contribution >= 4 is 21.6 Å². The van der Waals surface area contributed by atoms with E-state index in [9.17, 15) is 13.2 Å². The molecule has 0 atom stereocenters. The first-order valence-corrected chi connectivity index (χ1v) is 8.80. The van der Waals surface area contributed by atoms with Gasteiger partial charge in [-0.1, -0.05) is 6.07 Å². The van der Waals surface area contributed by atoms with E-state index in [0.29, 0.717) is 32.7 Å². The summed E-state index contributed by atoms with van der Waals surface area (Å²) in [6, 6.07) is 3.85. The minimum Gasteiger partial charge on any atom is -0.353 e. The summed E-state index contributed by atoms with van der Waals surface area (Å²) in [5.74, 6) is 0.0993. The van der Waals surface area contributed by atoms with Gasteiger partial charge in [0.1, 0.15) is 11.6 Å². The van der Waals surface area contributed by atoms with Crippen LogP contribution in [0.15, 0.2) is 18.3 Å². The molecule has 1 saturated heterocycles. The van der Waals surface area contributed by atoms with Gasteiger partial charge in [0, 0.05) is 45.2 Å². The van der Waals surface area contributed by atoms with Crippen molar-refractivity contribution in [2.24, 2.45) is 5.73 Å². The highest BCUT2D eigenvalue weighted by molar-refractivity contribution is 7.91. The lowest BCUT2D eigenvalue weighted by Crippen LogP contribution is -2.50. The van der Waals surface area contributed by atoms with E-state index in [-0.39, 0.29) is 5.91 Å². The maximum Gasteiger partial charge on any atom is 0.237 e. The number of hydrogen-bond donors (Lipinski definition) is 1. The third-order valence-corrected chi connectivity index (χ3v) is 4.16. The number of rotatable bonds is 4. The van der Waals surface area contributed by atoms with Crippen LogP contribution in [0.3, 0.4) is 0 Å². The van der Waals surface area contributed by atoms with Crippen LogP contribution in [0.2, 0.25) is 0 Å². The number of carbonyl (C=O) groups excluding carboxylic acids is 1. The minimum absolute atomic E-state index is 0.330. The summed E-state index contributed by atoms with van der Waals surface area (Å²) in [5.41, 5.74) is 6.51. The van der Waals surface area contributed by atoms with E-state index in [4.69, 9.17) is 5.73 Å². The molecule has 0 aliphatic carbocycles. The number of hydrogen-bond acceptors (Lipinski definition) is 6. The van der Waals surface area contributed by atoms with Crippen molar-refractivity contribution in [2.45, 2.75) is 6.54 Å². The van der Waals surface area contributed by atoms with Crippen LogP contribution in [0.5, 0.6) is 0 Å². The summed E-state index contributed by atoms with van der Waals surface area (Å²) in [7, 11) is -3.28. The zero-order valence-corrected chi connectivity index (χ0v) is 12.8. The Hall–Kier alpha value is -1.67. The Labute approximate surface area is 124 Å². The number of aromatic nitrogens is 1. The number of piperazine rings is 1. The second kappa shape index (κ2) is 6.40. The van der Waals surface area contributed by atoms with E-state index in [2.05, 4.69) is 9.88 Å². The molecule has 0 spiro atoms. The maximum atomic E-state index is 11.8. The van der Waals surface area contributed by atoms with Gasteiger partial charge in [0.2, 0.25) is 5.91 Å². The fourth-order valence-corrected chi connectivity index (χ4v) is 2.86. The molecule has 0 radical (unpaired) electrons. The van der Waals surface area contributed by atoms with Gasteiger partial charge in [-0.2, -0.15) is 0 Å². The third kappa shape index (κ3) is 4.40. The van der Waals surface area contributed by atoms with Gasteiger partial charge < -0.3 is 15.5 Å². The highest BCUT2D eigenvalue weighted by atomic mass is 32.2. The zero-order valence-electron chi connectivity index (χ0n) is 12.0. The van der Waals surface area contributed by atoms with Gasteiger partial charge >= 0.3 is 0 Å². The Bertz CT molecular complexity index is 592. The van der Waals surface area contributed by atoms with Crippen LogP contribution in [-0.2, 0) is 21.2 Å². The van der Waals surface area contributed by atoms with Crippen molar-refractivity contribution in [1.82, 2.24) is 9.88 Å². The Morgan fingerprint density at radius 1 is 1.29 bits per heavy atom. The van der Waals surface area contributed by atoms with Crippen molar-refractivity contribution < 1.29 is 13.2 Å². The third-order valence-electron chi connectivity index (χ3n) is 3.39. The molecule has 1 aromatic heterocycles. The Morgan fingerprint density at radius 3 is 2.43 bits per heavy atom. The van der Waals surface area contributed by atoms with Gasteiger partial charge in [-0.05, 0) is 11.6 Å². The average molecular weight is 312 g/mol. The standard InChI is InChI=1S/C13H20N4O3S/c1-21(19,20)10-13(18)17-6-4-16(5-7-17)12-3-2-11(8-14)9-15-12/h2-3,9H,4-8,10,14H2,1H3. The van der Waals surface area contributed by atoms with Gasteiger partial charge in [0.25, 0.3) is 0 Å². The second-order valence-electron chi connectivity index (χ2n) is 5.17. The SMILES string of the molecule is CS(=O)(=O)CC(=O)N1CCN(c2ccc(CN)cn2)CC1. The van der Waals surface area contributed by atoms with E-state index in [1.807, 2.05) is 12.1 Å². The summed E-state index contributed by atoms with van der Waals surface area (Å²) in [6.45, 7) is 2.76. The molecule has 0 unspecified atom stereocenters. The smallest absolute Gasteiger partial charge is 0.237 e. The van der Waals surface area contributed by atoms with Gasteiger partial charge in [0.05, 0.1) is 0 Å². The largest absolute Gasteiger partial charge is 0.353 e. The first kappa shape index (κ1) is 15.7. The highest BCUT2D eigenvalue weighted by Gasteiger charge is 2.23. The Kier molecular flexibility index (Phi) is 4.79. The number of anilines is 1. The van der Waals surface area contributed by atoms with Crippen LogP contribution < -0.4 is 10.6 Å². The van der Waals surface area contributed by atoms with Gasteiger partial charge in [-0.3, -0.25) is 4.79 Å². The van der Waals surface area contributed by atoms with E-state index in [1.165, 1.54) is 0 Å². The summed E-state index contributed by atoms with van der Waals surface area (Å²) in [6.07, 6.45) is 2.82. The average Bonchev–Trinajstić information content (AvgIpc) is 2.46. The van der Waals surface area contributed by atoms with Crippen molar-refractivity contribution in [3.05, 3.63) is 23.9 Å². The van der Waals surface area contributed by atoms with Gasteiger partial charge in [-0.25, -0.2) is 13.4 Å². The zero-order chi connectivity index (χ0) is 15.5. The molecule has 1 aliphatic heterocycles. The number of nitrogens with zero attached hydrogens (tertiary/aromatic N) is 3. The first-order valence-electron chi connectivity index (χ1n) is 6.74. The maximum absolute atomic E-state index is 11.8. The van der Waals surface area contributed by atoms with Crippen molar-refractivity contribution in [2.75, 3.05) is 43.1 Å². The van der Waals surface area contributed by atoms with E-state index < -0.39 is 15.6 Å². The second-order valence-corrected chi connectivity index (χ2v) is 7.31. The fraction of sp³-hybridized carbons (Fsp3) is 0.538. The molecule has 21 heavy (non-hydrogen) atoms. The molecule has 1 fully saturated rings. The molecule has 1 aromatic rings. The summed E-state index contributed by atoms with van der Waals surface area (Å²) in [5, 5.41) is 0. The van der Waals surface area contributed by atoms with E-state index in [1.54, 1.807) is 11.1 Å². The lowest BCUT2D eigenvalue weighted by molar-refractivity contribution is -0.128. The number of amides is 1. The quantitative estimate of drug-likeness (QED) is 0.784. The lowest BCUT2D eigenvalue weighted by atomic mass is 10.2. The predicted molar refractivity (Wildman–Crippen MR) is 80.6 cm³/mol. The van der Waals surface area contributed by atoms with E-state index in [0.717, 1.165) is 17.6 Å². The van der Waals surface area contributed by atoms with Crippen LogP contribution >= 0.6 is 0 Å². The summed E-state index contributed by atoms with van der Waals surface area (Å²) >= 11 is 0. The molecule has 0 bridgehead atoms. The first-order chi connectivity index (χ1) is 9.89. The molecule has 2 N–H and O–H groups in total. The molecule has 7 nitrogen and oxygen atoms in total. The molecule has 1 amide bonds. The van der Waals surface area contributed by atoms with E-state index >= 15 is 0 Å². The Morgan fingerprint density at radius 2 is 1.95 bits per heavy atom. The van der Waals surface area contributed by atoms with Crippen LogP contribution in [0.4, 0.5) is 5.82 Å². The lowest BCUT2D eigenvalue weighted by Gasteiger charge is -2.35. The molecule has 2 rings (SSSR count). The Balaban J connectivity index is 1.92. The van der Waals surface area contributed by atoms with Gasteiger partial charge in [0.15, 0.2) is 9.84 Å². The van der Waals surface area contributed by atoms with Crippen LogP contribution in [0.1, 0.15) is 5.56 Å². The normalized spacial score (nSPS) is 16.1. The molecule has 8 heteroatoms. The van der Waals surface area contributed by atoms with Crippen molar-refractivity contribution in [1.29, 1.82) is 0 Å². The monoisotopic (exact) mass is 312 g/mol. The molecule has 0 aromatic carbocycles. The van der Waals surface area contributed by atoms with Crippen LogP contribution in [0, 0.1) is 0 Å². The molecule has 0 saturated carbocycles. The number of sulfone groups is 1. The minimum atomic E-state index is -3.28. The fourth-order valence-electron chi connectivity index (χ4n) is 2.23. The molecule has 2 heterocycles. The molecule has 1 aliphatic rings. The van der Waals surface area contributed by atoms with Gasteiger partial charge in [-0.15, -0.1) is 0 Å². The summed E-state index contributed by atoms with van der Waals surface area (Å²) in [4.78, 5) is 19.9. The molecular weight excluding hydrogens is 292 g/mol. The number of nitrogens with two attached hydrogens (primary N) is 1. The highest BCUT2D eigenvalue weighted by Crippen LogP contribution is 2.14. The van der Waals surface area contributed by atoms with Crippen LogP contribution in [0.25, 0.3) is 0 Å². The van der Waals surface area contributed by atoms with Crippen molar-refractivity contribution in [3.8, 4) is 0 Å². The predicted octanol–water partition coefficient (Wildman–Crippen LogP) is -0.766. The number of carbonyl (C=O) groups is 1. The summed E-state index contributed by atoms with van der Waals surface area (Å²) < 4.78 is 22.3. The molecule has 116 valence electrons. The topological polar surface area (TPSA) is 96.6 Å². The van der Waals surface area contributed by atoms with Crippen molar-refractivity contribution in [3.63, 3.8) is 0 Å². The van der Waals surface area contributed by atoms with Crippen LogP contribution in [-0.4, -0.2) is 62.4 Å².